The molecular weight excluding hydrogens is 408 g/mol. The standard InChI is InChI=1S/C30H50O3/c1-8-20(17(2)3)15-26(32)18(4)22-9-10-23-21-16-27(33)28-19(5)25(31)12-14-30(28,7)24(21)11-13-29(22,23)6/h16-20,22-26,28,31-32H,8-15H2,1-7H3/t18-,19+,20?,22+,23-,24-,25-,26?,28+,29+,30+/m0/s1. The highest BCUT2D eigenvalue weighted by atomic mass is 16.3. The molecule has 0 aliphatic heterocycles. The first-order valence-corrected chi connectivity index (χ1v) is 14.1. The normalized spacial score (nSPS) is 45.6. The summed E-state index contributed by atoms with van der Waals surface area (Å²) in [5, 5.41) is 21.8. The Bertz CT molecular complexity index is 771. The number of ketones is 1. The molecule has 2 unspecified atom stereocenters. The van der Waals surface area contributed by atoms with Crippen LogP contribution in [0.15, 0.2) is 11.6 Å². The Balaban J connectivity index is 1.58. The van der Waals surface area contributed by atoms with Gasteiger partial charge in [-0.15, -0.1) is 0 Å². The van der Waals surface area contributed by atoms with Gasteiger partial charge in [0, 0.05) is 5.92 Å². The van der Waals surface area contributed by atoms with Crippen LogP contribution in [-0.4, -0.2) is 28.2 Å². The molecule has 3 heteroatoms. The van der Waals surface area contributed by atoms with Gasteiger partial charge in [-0.2, -0.15) is 0 Å². The van der Waals surface area contributed by atoms with Crippen molar-refractivity contribution in [2.75, 3.05) is 0 Å². The smallest absolute Gasteiger partial charge is 0.159 e. The highest BCUT2D eigenvalue weighted by molar-refractivity contribution is 5.94. The Hall–Kier alpha value is -0.670. The van der Waals surface area contributed by atoms with Gasteiger partial charge in [-0.3, -0.25) is 4.79 Å². The third kappa shape index (κ3) is 3.98. The maximum absolute atomic E-state index is 13.5. The quantitative estimate of drug-likeness (QED) is 0.483. The fraction of sp³-hybridized carbons (Fsp3) is 0.900. The minimum absolute atomic E-state index is 0.00400. The molecule has 4 rings (SSSR count). The average Bonchev–Trinajstić information content (AvgIpc) is 3.11. The Morgan fingerprint density at radius 1 is 1.03 bits per heavy atom. The molecule has 4 aliphatic rings. The van der Waals surface area contributed by atoms with E-state index in [4.69, 9.17) is 0 Å². The summed E-state index contributed by atoms with van der Waals surface area (Å²) in [6, 6.07) is 0. The van der Waals surface area contributed by atoms with Gasteiger partial charge in [-0.1, -0.05) is 60.5 Å². The molecule has 0 bridgehead atoms. The van der Waals surface area contributed by atoms with Crippen LogP contribution in [-0.2, 0) is 4.79 Å². The molecule has 0 aromatic rings. The highest BCUT2D eigenvalue weighted by Crippen LogP contribution is 2.67. The zero-order valence-corrected chi connectivity index (χ0v) is 22.3. The summed E-state index contributed by atoms with van der Waals surface area (Å²) < 4.78 is 0. The highest BCUT2D eigenvalue weighted by Gasteiger charge is 2.61. The van der Waals surface area contributed by atoms with Crippen LogP contribution in [0.25, 0.3) is 0 Å². The van der Waals surface area contributed by atoms with E-state index in [2.05, 4.69) is 48.5 Å². The predicted molar refractivity (Wildman–Crippen MR) is 135 cm³/mol. The van der Waals surface area contributed by atoms with E-state index in [9.17, 15) is 15.0 Å². The van der Waals surface area contributed by atoms with Crippen LogP contribution in [0.4, 0.5) is 0 Å². The molecule has 0 aromatic carbocycles. The van der Waals surface area contributed by atoms with Crippen molar-refractivity contribution < 1.29 is 15.0 Å². The van der Waals surface area contributed by atoms with Gasteiger partial charge in [0.2, 0.25) is 0 Å². The van der Waals surface area contributed by atoms with Crippen LogP contribution in [0.1, 0.15) is 99.8 Å². The molecule has 0 aromatic heterocycles. The second-order valence-electron chi connectivity index (χ2n) is 13.4. The van der Waals surface area contributed by atoms with Gasteiger partial charge in [0.05, 0.1) is 12.2 Å². The monoisotopic (exact) mass is 458 g/mol. The van der Waals surface area contributed by atoms with E-state index in [-0.39, 0.29) is 40.7 Å². The SMILES string of the molecule is CCC(CC(O)[C@@H](C)[C@H]1CC[C@H]2C3=CC(=O)[C@H]4[C@H](C)[C@@H](O)CC[C@]4(C)[C@H]3CC[C@]12C)C(C)C. The second-order valence-corrected chi connectivity index (χ2v) is 13.4. The Kier molecular flexibility index (Phi) is 7.00. The lowest BCUT2D eigenvalue weighted by atomic mass is 9.46. The third-order valence-corrected chi connectivity index (χ3v) is 11.7. The van der Waals surface area contributed by atoms with Gasteiger partial charge >= 0.3 is 0 Å². The van der Waals surface area contributed by atoms with Gasteiger partial charge < -0.3 is 10.2 Å². The number of carbonyl (C=O) groups is 1. The minimum atomic E-state index is -0.341. The van der Waals surface area contributed by atoms with Gasteiger partial charge in [-0.25, -0.2) is 0 Å². The van der Waals surface area contributed by atoms with Crippen LogP contribution in [0, 0.1) is 58.2 Å². The van der Waals surface area contributed by atoms with E-state index in [1.165, 1.54) is 18.4 Å². The summed E-state index contributed by atoms with van der Waals surface area (Å²) >= 11 is 0. The van der Waals surface area contributed by atoms with Crippen molar-refractivity contribution in [2.45, 2.75) is 112 Å². The number of carbonyl (C=O) groups excluding carboxylic acids is 1. The first-order chi connectivity index (χ1) is 15.5. The number of rotatable bonds is 6. The summed E-state index contributed by atoms with van der Waals surface area (Å²) in [6.07, 6.45) is 10.0. The number of aliphatic hydroxyl groups is 2. The van der Waals surface area contributed by atoms with Crippen molar-refractivity contribution in [3.8, 4) is 0 Å². The number of hydrogen-bond acceptors (Lipinski definition) is 3. The number of hydrogen-bond donors (Lipinski definition) is 2. The van der Waals surface area contributed by atoms with Gasteiger partial charge in [0.1, 0.15) is 0 Å². The minimum Gasteiger partial charge on any atom is -0.393 e. The fourth-order valence-electron chi connectivity index (χ4n) is 9.44. The molecule has 0 amide bonds. The van der Waals surface area contributed by atoms with Crippen molar-refractivity contribution in [2.24, 2.45) is 58.2 Å². The second kappa shape index (κ2) is 9.08. The van der Waals surface area contributed by atoms with Crippen molar-refractivity contribution in [1.29, 1.82) is 0 Å². The maximum atomic E-state index is 13.5. The molecule has 4 aliphatic carbocycles. The molecule has 0 saturated heterocycles. The van der Waals surface area contributed by atoms with E-state index < -0.39 is 0 Å². The fourth-order valence-corrected chi connectivity index (χ4v) is 9.44. The summed E-state index contributed by atoms with van der Waals surface area (Å²) in [6.45, 7) is 16.0. The number of allylic oxidation sites excluding steroid dienone is 2. The van der Waals surface area contributed by atoms with Gasteiger partial charge in [-0.05, 0) is 103 Å². The van der Waals surface area contributed by atoms with Crippen LogP contribution >= 0.6 is 0 Å². The summed E-state index contributed by atoms with van der Waals surface area (Å²) in [5.41, 5.74) is 1.62. The van der Waals surface area contributed by atoms with Crippen molar-refractivity contribution >= 4 is 5.78 Å². The van der Waals surface area contributed by atoms with Gasteiger partial charge in [0.25, 0.3) is 0 Å². The lowest BCUT2D eigenvalue weighted by Gasteiger charge is -2.58. The Labute approximate surface area is 202 Å². The molecule has 2 N–H and O–H groups in total. The Morgan fingerprint density at radius 3 is 2.30 bits per heavy atom. The van der Waals surface area contributed by atoms with Crippen LogP contribution in [0.3, 0.4) is 0 Å². The first kappa shape index (κ1) is 25.4. The first-order valence-electron chi connectivity index (χ1n) is 14.1. The van der Waals surface area contributed by atoms with Crippen LogP contribution < -0.4 is 0 Å². The molecule has 3 saturated carbocycles. The van der Waals surface area contributed by atoms with E-state index >= 15 is 0 Å². The van der Waals surface area contributed by atoms with E-state index in [1.807, 2.05) is 6.08 Å². The number of fused-ring (bicyclic) bond motifs is 5. The summed E-state index contributed by atoms with van der Waals surface area (Å²) in [4.78, 5) is 13.5. The van der Waals surface area contributed by atoms with E-state index in [1.54, 1.807) is 0 Å². The Morgan fingerprint density at radius 2 is 1.67 bits per heavy atom. The molecule has 11 atom stereocenters. The van der Waals surface area contributed by atoms with Crippen LogP contribution in [0.5, 0.6) is 0 Å². The van der Waals surface area contributed by atoms with Crippen molar-refractivity contribution in [3.05, 3.63) is 11.6 Å². The van der Waals surface area contributed by atoms with Crippen molar-refractivity contribution in [3.63, 3.8) is 0 Å². The molecule has 0 heterocycles. The molecular formula is C30H50O3. The zero-order chi connectivity index (χ0) is 24.3. The van der Waals surface area contributed by atoms with Gasteiger partial charge in [0.15, 0.2) is 5.78 Å². The average molecular weight is 459 g/mol. The largest absolute Gasteiger partial charge is 0.393 e. The van der Waals surface area contributed by atoms with E-state index in [0.717, 1.165) is 38.5 Å². The third-order valence-electron chi connectivity index (χ3n) is 11.7. The molecule has 3 nitrogen and oxygen atoms in total. The molecule has 0 radical (unpaired) electrons. The molecule has 0 spiro atoms. The summed E-state index contributed by atoms with van der Waals surface area (Å²) in [5.74, 6) is 3.29. The maximum Gasteiger partial charge on any atom is 0.159 e. The lowest BCUT2D eigenvalue weighted by molar-refractivity contribution is -0.139. The lowest BCUT2D eigenvalue weighted by Crippen LogP contribution is -2.55. The van der Waals surface area contributed by atoms with E-state index in [0.29, 0.717) is 35.5 Å². The number of aliphatic hydroxyl groups excluding tert-OH is 2. The predicted octanol–water partition coefficient (Wildman–Crippen LogP) is 6.42. The molecule has 188 valence electrons. The zero-order valence-electron chi connectivity index (χ0n) is 22.3. The topological polar surface area (TPSA) is 57.5 Å². The molecule has 3 fully saturated rings. The molecule has 33 heavy (non-hydrogen) atoms. The van der Waals surface area contributed by atoms with Crippen LogP contribution in [0.2, 0.25) is 0 Å². The van der Waals surface area contributed by atoms with Crippen molar-refractivity contribution in [1.82, 2.24) is 0 Å². The summed E-state index contributed by atoms with van der Waals surface area (Å²) in [7, 11) is 0.